The van der Waals surface area contributed by atoms with Gasteiger partial charge in [-0.25, -0.2) is 0 Å². The molecule has 1 aromatic carbocycles. The third-order valence-corrected chi connectivity index (χ3v) is 3.84. The van der Waals surface area contributed by atoms with Gasteiger partial charge in [-0.15, -0.1) is 0 Å². The first-order chi connectivity index (χ1) is 8.08. The quantitative estimate of drug-likeness (QED) is 0.825. The lowest BCUT2D eigenvalue weighted by molar-refractivity contribution is 0.104. The van der Waals surface area contributed by atoms with Gasteiger partial charge in [0.1, 0.15) is 5.75 Å². The van der Waals surface area contributed by atoms with E-state index in [1.165, 1.54) is 5.56 Å². The van der Waals surface area contributed by atoms with E-state index in [0.29, 0.717) is 23.9 Å². The van der Waals surface area contributed by atoms with E-state index >= 15 is 0 Å². The molecule has 1 heterocycles. The van der Waals surface area contributed by atoms with Gasteiger partial charge in [0.25, 0.3) is 0 Å². The lowest BCUT2D eigenvalue weighted by Gasteiger charge is -2.40. The van der Waals surface area contributed by atoms with E-state index in [1.807, 2.05) is 12.1 Å². The molecule has 1 aliphatic heterocycles. The largest absolute Gasteiger partial charge is 0.508 e. The van der Waals surface area contributed by atoms with Crippen molar-refractivity contribution >= 4 is 0 Å². The summed E-state index contributed by atoms with van der Waals surface area (Å²) in [5.74, 6) is 0.328. The van der Waals surface area contributed by atoms with E-state index in [2.05, 4.69) is 18.7 Å². The number of piperidine rings is 1. The highest BCUT2D eigenvalue weighted by Crippen LogP contribution is 2.28. The lowest BCUT2D eigenvalue weighted by Crippen LogP contribution is -2.46. The molecule has 0 aliphatic carbocycles. The fourth-order valence-electron chi connectivity index (χ4n) is 2.75. The maximum atomic E-state index is 9.31. The Bertz CT molecular complexity index is 363. The third kappa shape index (κ3) is 2.79. The summed E-state index contributed by atoms with van der Waals surface area (Å²) in [6, 6.07) is 8.79. The second-order valence-electron chi connectivity index (χ2n) is 5.14. The molecule has 1 fully saturated rings. The molecule has 1 saturated heterocycles. The van der Waals surface area contributed by atoms with Crippen LogP contribution < -0.4 is 5.73 Å². The van der Waals surface area contributed by atoms with E-state index in [0.717, 1.165) is 19.4 Å². The SMILES string of the molecule is CC1CC(N)CCN1C(C)c1ccc(O)cc1. The molecule has 17 heavy (non-hydrogen) atoms. The molecule has 3 N–H and O–H groups in total. The zero-order valence-corrected chi connectivity index (χ0v) is 10.6. The third-order valence-electron chi connectivity index (χ3n) is 3.84. The normalized spacial score (nSPS) is 27.9. The Balaban J connectivity index is 2.09. The summed E-state index contributed by atoms with van der Waals surface area (Å²) in [6.45, 7) is 5.53. The van der Waals surface area contributed by atoms with E-state index in [4.69, 9.17) is 5.73 Å². The summed E-state index contributed by atoms with van der Waals surface area (Å²) in [6.07, 6.45) is 2.15. The molecule has 0 bridgehead atoms. The topological polar surface area (TPSA) is 49.5 Å². The number of hydrogen-bond donors (Lipinski definition) is 2. The molecule has 0 radical (unpaired) electrons. The highest BCUT2D eigenvalue weighted by atomic mass is 16.3. The van der Waals surface area contributed by atoms with Crippen molar-refractivity contribution in [2.45, 2.75) is 44.8 Å². The van der Waals surface area contributed by atoms with Gasteiger partial charge < -0.3 is 10.8 Å². The summed E-state index contributed by atoms with van der Waals surface area (Å²) in [7, 11) is 0. The molecular weight excluding hydrogens is 212 g/mol. The van der Waals surface area contributed by atoms with Crippen LogP contribution in [0, 0.1) is 0 Å². The maximum absolute atomic E-state index is 9.31. The molecule has 3 nitrogen and oxygen atoms in total. The minimum absolute atomic E-state index is 0.328. The van der Waals surface area contributed by atoms with Crippen molar-refractivity contribution in [1.29, 1.82) is 0 Å². The van der Waals surface area contributed by atoms with Crippen molar-refractivity contribution in [3.8, 4) is 5.75 Å². The van der Waals surface area contributed by atoms with Crippen LogP contribution in [0.2, 0.25) is 0 Å². The molecule has 0 aromatic heterocycles. The van der Waals surface area contributed by atoms with E-state index in [9.17, 15) is 5.11 Å². The highest BCUT2D eigenvalue weighted by molar-refractivity contribution is 5.27. The van der Waals surface area contributed by atoms with Gasteiger partial charge in [-0.2, -0.15) is 0 Å². The molecule has 1 aliphatic rings. The number of rotatable bonds is 2. The average Bonchev–Trinajstić information content (AvgIpc) is 2.29. The molecule has 0 saturated carbocycles. The highest BCUT2D eigenvalue weighted by Gasteiger charge is 2.27. The van der Waals surface area contributed by atoms with E-state index < -0.39 is 0 Å². The van der Waals surface area contributed by atoms with Gasteiger partial charge in [-0.05, 0) is 44.4 Å². The van der Waals surface area contributed by atoms with Crippen LogP contribution in [0.5, 0.6) is 5.75 Å². The summed E-state index contributed by atoms with van der Waals surface area (Å²) in [5, 5.41) is 9.31. The standard InChI is InChI=1S/C14H22N2O/c1-10-9-13(15)7-8-16(10)11(2)12-3-5-14(17)6-4-12/h3-6,10-11,13,17H,7-9,15H2,1-2H3. The van der Waals surface area contributed by atoms with Crippen molar-refractivity contribution < 1.29 is 5.11 Å². The lowest BCUT2D eigenvalue weighted by atomic mass is 9.95. The predicted octanol–water partition coefficient (Wildman–Crippen LogP) is 2.26. The zero-order valence-electron chi connectivity index (χ0n) is 10.6. The van der Waals surface area contributed by atoms with Crippen molar-refractivity contribution in [2.75, 3.05) is 6.54 Å². The number of hydrogen-bond acceptors (Lipinski definition) is 3. The molecule has 0 spiro atoms. The molecule has 0 amide bonds. The van der Waals surface area contributed by atoms with Crippen molar-refractivity contribution in [3.05, 3.63) is 29.8 Å². The van der Waals surface area contributed by atoms with Gasteiger partial charge in [-0.1, -0.05) is 12.1 Å². The monoisotopic (exact) mass is 234 g/mol. The van der Waals surface area contributed by atoms with Crippen molar-refractivity contribution in [1.82, 2.24) is 4.90 Å². The van der Waals surface area contributed by atoms with Crippen LogP contribution in [-0.2, 0) is 0 Å². The first-order valence-electron chi connectivity index (χ1n) is 6.38. The number of phenols is 1. The fourth-order valence-corrected chi connectivity index (χ4v) is 2.75. The van der Waals surface area contributed by atoms with Crippen LogP contribution in [0.15, 0.2) is 24.3 Å². The van der Waals surface area contributed by atoms with Gasteiger partial charge in [-0.3, -0.25) is 4.90 Å². The minimum Gasteiger partial charge on any atom is -0.508 e. The Labute approximate surface area is 103 Å². The average molecular weight is 234 g/mol. The summed E-state index contributed by atoms with van der Waals surface area (Å²) in [5.41, 5.74) is 7.24. The number of benzene rings is 1. The van der Waals surface area contributed by atoms with E-state index in [-0.39, 0.29) is 0 Å². The molecule has 3 atom stereocenters. The number of likely N-dealkylation sites (tertiary alicyclic amines) is 1. The van der Waals surface area contributed by atoms with Crippen LogP contribution in [-0.4, -0.2) is 28.6 Å². The summed E-state index contributed by atoms with van der Waals surface area (Å²) < 4.78 is 0. The van der Waals surface area contributed by atoms with Gasteiger partial charge >= 0.3 is 0 Å². The van der Waals surface area contributed by atoms with E-state index in [1.54, 1.807) is 12.1 Å². The van der Waals surface area contributed by atoms with Crippen molar-refractivity contribution in [3.63, 3.8) is 0 Å². The van der Waals surface area contributed by atoms with Gasteiger partial charge in [0.2, 0.25) is 0 Å². The van der Waals surface area contributed by atoms with Crippen LogP contribution in [0.1, 0.15) is 38.3 Å². The summed E-state index contributed by atoms with van der Waals surface area (Å²) >= 11 is 0. The number of aromatic hydroxyl groups is 1. The molecule has 1 aromatic rings. The van der Waals surface area contributed by atoms with Crippen LogP contribution in [0.3, 0.4) is 0 Å². The minimum atomic E-state index is 0.328. The van der Waals surface area contributed by atoms with Crippen LogP contribution >= 0.6 is 0 Å². The van der Waals surface area contributed by atoms with Gasteiger partial charge in [0.15, 0.2) is 0 Å². The smallest absolute Gasteiger partial charge is 0.115 e. The maximum Gasteiger partial charge on any atom is 0.115 e. The Kier molecular flexibility index (Phi) is 3.69. The van der Waals surface area contributed by atoms with Crippen molar-refractivity contribution in [2.24, 2.45) is 5.73 Å². The molecular formula is C14H22N2O. The molecule has 3 unspecified atom stereocenters. The first-order valence-corrected chi connectivity index (χ1v) is 6.38. The number of phenolic OH excluding ortho intramolecular Hbond substituents is 1. The van der Waals surface area contributed by atoms with Crippen LogP contribution in [0.25, 0.3) is 0 Å². The molecule has 2 rings (SSSR count). The molecule has 94 valence electrons. The second kappa shape index (κ2) is 5.07. The Morgan fingerprint density at radius 2 is 2.00 bits per heavy atom. The summed E-state index contributed by atoms with van der Waals surface area (Å²) in [4.78, 5) is 2.50. The van der Waals surface area contributed by atoms with Gasteiger partial charge in [0, 0.05) is 24.7 Å². The second-order valence-corrected chi connectivity index (χ2v) is 5.14. The Morgan fingerprint density at radius 3 is 2.59 bits per heavy atom. The molecule has 3 heteroatoms. The fraction of sp³-hybridized carbons (Fsp3) is 0.571. The Hall–Kier alpha value is -1.06. The zero-order chi connectivity index (χ0) is 12.4. The Morgan fingerprint density at radius 1 is 1.35 bits per heavy atom. The number of nitrogens with zero attached hydrogens (tertiary/aromatic N) is 1. The predicted molar refractivity (Wildman–Crippen MR) is 69.9 cm³/mol. The van der Waals surface area contributed by atoms with Crippen LogP contribution in [0.4, 0.5) is 0 Å². The van der Waals surface area contributed by atoms with Gasteiger partial charge in [0.05, 0.1) is 0 Å². The number of nitrogens with two attached hydrogens (primary N) is 1. The first kappa shape index (κ1) is 12.4.